The molecule has 1 aliphatic heterocycles. The second kappa shape index (κ2) is 7.72. The van der Waals surface area contributed by atoms with Crippen LogP contribution in [0.2, 0.25) is 0 Å². The number of fused-ring (bicyclic) bond motifs is 2. The predicted molar refractivity (Wildman–Crippen MR) is 115 cm³/mol. The number of amides is 1. The highest BCUT2D eigenvalue weighted by molar-refractivity contribution is 9.10. The maximum Gasteiger partial charge on any atom is 0.256 e. The van der Waals surface area contributed by atoms with Crippen LogP contribution in [0.1, 0.15) is 21.5 Å². The van der Waals surface area contributed by atoms with Crippen LogP contribution in [0.4, 0.5) is 0 Å². The van der Waals surface area contributed by atoms with Crippen molar-refractivity contribution >= 4 is 55.0 Å². The van der Waals surface area contributed by atoms with Crippen molar-refractivity contribution in [3.63, 3.8) is 0 Å². The third kappa shape index (κ3) is 3.26. The summed E-state index contributed by atoms with van der Waals surface area (Å²) in [6.45, 7) is 1.35. The van der Waals surface area contributed by atoms with Crippen LogP contribution in [0.3, 0.4) is 0 Å². The number of hydrogen-bond donors (Lipinski definition) is 0. The molecule has 0 N–H and O–H groups in total. The summed E-state index contributed by atoms with van der Waals surface area (Å²) >= 11 is 7.09. The molecule has 5 nitrogen and oxygen atoms in total. The number of halogens is 2. The van der Waals surface area contributed by atoms with E-state index in [0.717, 1.165) is 49.4 Å². The van der Waals surface area contributed by atoms with E-state index in [9.17, 15) is 9.59 Å². The van der Waals surface area contributed by atoms with Gasteiger partial charge in [0.15, 0.2) is 0 Å². The van der Waals surface area contributed by atoms with Crippen molar-refractivity contribution in [1.82, 2.24) is 9.47 Å². The number of carbonyl (C=O) groups is 2. The maximum absolute atomic E-state index is 13.4. The highest BCUT2D eigenvalue weighted by Gasteiger charge is 2.27. The summed E-state index contributed by atoms with van der Waals surface area (Å²) in [6, 6.07) is 9.68. The lowest BCUT2D eigenvalue weighted by Gasteiger charge is -2.30. The molecular weight excluding hydrogens is 488 g/mol. The number of ether oxygens (including phenoxy) is 1. The normalized spacial score (nSPS) is 13.5. The molecular formula is C21H18Br2N2O3. The van der Waals surface area contributed by atoms with Gasteiger partial charge in [0, 0.05) is 44.7 Å². The van der Waals surface area contributed by atoms with Crippen LogP contribution in [-0.4, -0.2) is 35.3 Å². The van der Waals surface area contributed by atoms with Crippen LogP contribution < -0.4 is 4.74 Å². The fourth-order valence-corrected chi connectivity index (χ4v) is 4.67. The Morgan fingerprint density at radius 2 is 2.04 bits per heavy atom. The quantitative estimate of drug-likeness (QED) is 0.488. The topological polar surface area (TPSA) is 51.5 Å². The number of benzene rings is 2. The van der Waals surface area contributed by atoms with Crippen molar-refractivity contribution in [2.24, 2.45) is 0 Å². The van der Waals surface area contributed by atoms with Crippen molar-refractivity contribution < 1.29 is 14.3 Å². The lowest BCUT2D eigenvalue weighted by atomic mass is 9.98. The molecule has 0 bridgehead atoms. The average Bonchev–Trinajstić information content (AvgIpc) is 3.05. The zero-order valence-corrected chi connectivity index (χ0v) is 18.4. The van der Waals surface area contributed by atoms with Gasteiger partial charge in [0.1, 0.15) is 12.0 Å². The third-order valence-corrected chi connectivity index (χ3v) is 6.40. The maximum atomic E-state index is 13.4. The van der Waals surface area contributed by atoms with Crippen molar-refractivity contribution in [3.05, 3.63) is 62.2 Å². The molecule has 4 rings (SSSR count). The Balaban J connectivity index is 1.73. The molecule has 0 fully saturated rings. The summed E-state index contributed by atoms with van der Waals surface area (Å²) in [5, 5.41) is 0.844. The fourth-order valence-electron chi connectivity index (χ4n) is 3.81. The second-order valence-corrected chi connectivity index (χ2v) is 8.48. The lowest BCUT2D eigenvalue weighted by molar-refractivity contribution is -0.108. The number of carbonyl (C=O) groups excluding carboxylic acids is 2. The van der Waals surface area contributed by atoms with Crippen LogP contribution in [0, 0.1) is 0 Å². The van der Waals surface area contributed by atoms with Crippen LogP contribution >= 0.6 is 31.9 Å². The number of aromatic nitrogens is 1. The standard InChI is InChI=1S/C21H18Br2N2O3/c1-28-20-5-3-18(23)16-11-25(7-6-14(16)20)21(27)17-12-24(8-9-26)19-4-2-13(22)10-15(17)19/h2-5,9-10,12H,6-8,11H2,1H3. The molecule has 1 amide bonds. The summed E-state index contributed by atoms with van der Waals surface area (Å²) in [4.78, 5) is 26.3. The lowest BCUT2D eigenvalue weighted by Crippen LogP contribution is -2.36. The van der Waals surface area contributed by atoms with Crippen molar-refractivity contribution in [1.29, 1.82) is 0 Å². The molecule has 28 heavy (non-hydrogen) atoms. The van der Waals surface area contributed by atoms with E-state index in [1.807, 2.05) is 39.8 Å². The highest BCUT2D eigenvalue weighted by Crippen LogP contribution is 2.34. The molecule has 0 unspecified atom stereocenters. The molecule has 7 heteroatoms. The van der Waals surface area contributed by atoms with Gasteiger partial charge in [-0.05, 0) is 42.3 Å². The van der Waals surface area contributed by atoms with Crippen LogP contribution in [-0.2, 0) is 24.3 Å². The Hall–Kier alpha value is -2.12. The molecule has 0 atom stereocenters. The minimum Gasteiger partial charge on any atom is -0.496 e. The summed E-state index contributed by atoms with van der Waals surface area (Å²) in [5.41, 5.74) is 3.71. The number of rotatable bonds is 4. The van der Waals surface area contributed by atoms with E-state index < -0.39 is 0 Å². The van der Waals surface area contributed by atoms with Gasteiger partial charge in [0.05, 0.1) is 19.2 Å². The number of methoxy groups -OCH3 is 1. The van der Waals surface area contributed by atoms with Crippen molar-refractivity contribution in [2.75, 3.05) is 13.7 Å². The molecule has 2 aromatic carbocycles. The first-order valence-corrected chi connectivity index (χ1v) is 10.5. The average molecular weight is 506 g/mol. The Morgan fingerprint density at radius 3 is 2.79 bits per heavy atom. The first kappa shape index (κ1) is 19.2. The minimum atomic E-state index is -0.0341. The molecule has 0 saturated carbocycles. The van der Waals surface area contributed by atoms with Gasteiger partial charge in [-0.15, -0.1) is 0 Å². The Kier molecular flexibility index (Phi) is 5.29. The minimum absolute atomic E-state index is 0.0341. The SMILES string of the molecule is COc1ccc(Br)c2c1CCN(C(=O)c1cn(CC=O)c3ccc(Br)cc13)C2. The van der Waals surface area contributed by atoms with E-state index in [2.05, 4.69) is 31.9 Å². The van der Waals surface area contributed by atoms with E-state index in [-0.39, 0.29) is 12.5 Å². The molecule has 144 valence electrons. The van der Waals surface area contributed by atoms with Gasteiger partial charge in [0.2, 0.25) is 0 Å². The number of aldehydes is 1. The Labute approximate surface area is 179 Å². The largest absolute Gasteiger partial charge is 0.496 e. The van der Waals surface area contributed by atoms with Gasteiger partial charge >= 0.3 is 0 Å². The summed E-state index contributed by atoms with van der Waals surface area (Å²) < 4.78 is 9.18. The van der Waals surface area contributed by atoms with Gasteiger partial charge in [-0.3, -0.25) is 4.79 Å². The second-order valence-electron chi connectivity index (χ2n) is 6.71. The van der Waals surface area contributed by atoms with Gasteiger partial charge in [-0.1, -0.05) is 31.9 Å². The van der Waals surface area contributed by atoms with Crippen LogP contribution in [0.5, 0.6) is 5.75 Å². The van der Waals surface area contributed by atoms with E-state index in [1.54, 1.807) is 13.3 Å². The van der Waals surface area contributed by atoms with Gasteiger partial charge in [-0.2, -0.15) is 0 Å². The zero-order valence-electron chi connectivity index (χ0n) is 15.2. The molecule has 2 heterocycles. The van der Waals surface area contributed by atoms with E-state index >= 15 is 0 Å². The van der Waals surface area contributed by atoms with E-state index in [4.69, 9.17) is 4.74 Å². The first-order valence-electron chi connectivity index (χ1n) is 8.89. The highest BCUT2D eigenvalue weighted by atomic mass is 79.9. The molecule has 0 aliphatic carbocycles. The third-order valence-electron chi connectivity index (χ3n) is 5.16. The van der Waals surface area contributed by atoms with Crippen molar-refractivity contribution in [2.45, 2.75) is 19.5 Å². The van der Waals surface area contributed by atoms with E-state index in [1.165, 1.54) is 0 Å². The molecule has 1 aliphatic rings. The monoisotopic (exact) mass is 504 g/mol. The molecule has 0 spiro atoms. The fraction of sp³-hybridized carbons (Fsp3) is 0.238. The summed E-state index contributed by atoms with van der Waals surface area (Å²) in [7, 11) is 1.67. The molecule has 0 radical (unpaired) electrons. The zero-order chi connectivity index (χ0) is 19.8. The van der Waals surface area contributed by atoms with Gasteiger partial charge in [0.25, 0.3) is 5.91 Å². The number of hydrogen-bond acceptors (Lipinski definition) is 3. The molecule has 3 aromatic rings. The molecule has 1 aromatic heterocycles. The Bertz CT molecular complexity index is 1090. The first-order chi connectivity index (χ1) is 13.5. The summed E-state index contributed by atoms with van der Waals surface area (Å²) in [6.07, 6.45) is 3.36. The van der Waals surface area contributed by atoms with Crippen LogP contribution in [0.15, 0.2) is 45.5 Å². The molecule has 0 saturated heterocycles. The van der Waals surface area contributed by atoms with Gasteiger partial charge < -0.3 is 19.0 Å². The van der Waals surface area contributed by atoms with E-state index in [0.29, 0.717) is 18.7 Å². The van der Waals surface area contributed by atoms with Crippen molar-refractivity contribution in [3.8, 4) is 5.75 Å². The summed E-state index contributed by atoms with van der Waals surface area (Å²) in [5.74, 6) is 0.824. The predicted octanol–water partition coefficient (Wildman–Crippen LogP) is 4.57. The smallest absolute Gasteiger partial charge is 0.256 e. The van der Waals surface area contributed by atoms with Gasteiger partial charge in [-0.25, -0.2) is 0 Å². The number of nitrogens with zero attached hydrogens (tertiary/aromatic N) is 2. The van der Waals surface area contributed by atoms with Crippen LogP contribution in [0.25, 0.3) is 10.9 Å². The Morgan fingerprint density at radius 1 is 1.21 bits per heavy atom.